The number of aryl methyl sites for hydroxylation is 1. The largest absolute Gasteiger partial charge is 0.398 e. The summed E-state index contributed by atoms with van der Waals surface area (Å²) in [6, 6.07) is 6.86. The molecule has 0 amide bonds. The van der Waals surface area contributed by atoms with E-state index in [1.54, 1.807) is 23.5 Å². The number of hydrogen-bond acceptors (Lipinski definition) is 3. The lowest BCUT2D eigenvalue weighted by molar-refractivity contribution is 0.630. The number of anilines is 2. The lowest BCUT2D eigenvalue weighted by atomic mass is 10.2. The fraction of sp³-hybridized carbons (Fsp3) is 0.167. The minimum Gasteiger partial charge on any atom is -0.398 e. The van der Waals surface area contributed by atoms with Crippen LogP contribution in [0.3, 0.4) is 0 Å². The van der Waals surface area contributed by atoms with Gasteiger partial charge in [0, 0.05) is 10.6 Å². The predicted octanol–water partition coefficient (Wildman–Crippen LogP) is 3.39. The number of benzene rings is 1. The first-order chi connectivity index (χ1) is 7.66. The molecule has 84 valence electrons. The SMILES string of the molecule is Cc1ccc(F)c(NCc2sccc2N)c1. The zero-order valence-electron chi connectivity index (χ0n) is 8.96. The third-order valence-corrected chi connectivity index (χ3v) is 3.28. The van der Waals surface area contributed by atoms with Crippen molar-refractivity contribution in [3.05, 3.63) is 45.9 Å². The molecule has 1 aromatic heterocycles. The highest BCUT2D eigenvalue weighted by molar-refractivity contribution is 7.10. The summed E-state index contributed by atoms with van der Waals surface area (Å²) in [6.07, 6.45) is 0. The van der Waals surface area contributed by atoms with Crippen LogP contribution in [0, 0.1) is 12.7 Å². The third kappa shape index (κ3) is 2.33. The van der Waals surface area contributed by atoms with E-state index in [-0.39, 0.29) is 5.82 Å². The molecule has 0 unspecified atom stereocenters. The van der Waals surface area contributed by atoms with Crippen molar-refractivity contribution < 1.29 is 4.39 Å². The van der Waals surface area contributed by atoms with E-state index in [4.69, 9.17) is 5.73 Å². The molecule has 0 bridgehead atoms. The van der Waals surface area contributed by atoms with E-state index < -0.39 is 0 Å². The Hall–Kier alpha value is -1.55. The molecule has 2 nitrogen and oxygen atoms in total. The van der Waals surface area contributed by atoms with Crippen molar-refractivity contribution in [2.75, 3.05) is 11.1 Å². The van der Waals surface area contributed by atoms with Gasteiger partial charge < -0.3 is 11.1 Å². The van der Waals surface area contributed by atoms with Crippen molar-refractivity contribution in [3.63, 3.8) is 0 Å². The number of nitrogens with one attached hydrogen (secondary N) is 1. The molecular weight excluding hydrogens is 223 g/mol. The second kappa shape index (κ2) is 4.53. The van der Waals surface area contributed by atoms with Crippen LogP contribution < -0.4 is 11.1 Å². The molecule has 0 atom stereocenters. The number of nitrogen functional groups attached to an aromatic ring is 1. The monoisotopic (exact) mass is 236 g/mol. The van der Waals surface area contributed by atoms with Crippen molar-refractivity contribution in [1.29, 1.82) is 0 Å². The molecule has 2 rings (SSSR count). The van der Waals surface area contributed by atoms with Crippen molar-refractivity contribution in [2.45, 2.75) is 13.5 Å². The summed E-state index contributed by atoms with van der Waals surface area (Å²) in [5, 5.41) is 4.98. The van der Waals surface area contributed by atoms with E-state index in [0.717, 1.165) is 16.1 Å². The Morgan fingerprint density at radius 1 is 1.38 bits per heavy atom. The lowest BCUT2D eigenvalue weighted by Gasteiger charge is -2.07. The molecule has 0 radical (unpaired) electrons. The zero-order chi connectivity index (χ0) is 11.5. The highest BCUT2D eigenvalue weighted by Gasteiger charge is 2.04. The molecule has 0 spiro atoms. The molecule has 3 N–H and O–H groups in total. The van der Waals surface area contributed by atoms with Crippen LogP contribution >= 0.6 is 11.3 Å². The van der Waals surface area contributed by atoms with Gasteiger partial charge in [-0.05, 0) is 36.1 Å². The lowest BCUT2D eigenvalue weighted by Crippen LogP contribution is -2.02. The van der Waals surface area contributed by atoms with Gasteiger partial charge in [-0.1, -0.05) is 6.07 Å². The molecule has 0 aliphatic carbocycles. The maximum Gasteiger partial charge on any atom is 0.146 e. The molecule has 4 heteroatoms. The number of hydrogen-bond donors (Lipinski definition) is 2. The van der Waals surface area contributed by atoms with Gasteiger partial charge in [0.1, 0.15) is 5.82 Å². The number of rotatable bonds is 3. The summed E-state index contributed by atoms with van der Waals surface area (Å²) in [5.41, 5.74) is 8.06. The van der Waals surface area contributed by atoms with E-state index in [1.165, 1.54) is 6.07 Å². The van der Waals surface area contributed by atoms with Gasteiger partial charge in [0.15, 0.2) is 0 Å². The van der Waals surface area contributed by atoms with E-state index in [0.29, 0.717) is 12.2 Å². The van der Waals surface area contributed by atoms with E-state index in [2.05, 4.69) is 5.32 Å². The highest BCUT2D eigenvalue weighted by Crippen LogP contribution is 2.22. The molecule has 1 aromatic carbocycles. The Kier molecular flexibility index (Phi) is 3.10. The Morgan fingerprint density at radius 2 is 2.19 bits per heavy atom. The van der Waals surface area contributed by atoms with Crippen LogP contribution in [0.2, 0.25) is 0 Å². The van der Waals surface area contributed by atoms with Crippen LogP contribution in [0.5, 0.6) is 0 Å². The predicted molar refractivity (Wildman–Crippen MR) is 67.2 cm³/mol. The van der Waals surface area contributed by atoms with Gasteiger partial charge in [-0.2, -0.15) is 0 Å². The first-order valence-electron chi connectivity index (χ1n) is 4.98. The van der Waals surface area contributed by atoms with Gasteiger partial charge in [0.05, 0.1) is 12.2 Å². The Labute approximate surface area is 97.9 Å². The van der Waals surface area contributed by atoms with Gasteiger partial charge in [0.2, 0.25) is 0 Å². The summed E-state index contributed by atoms with van der Waals surface area (Å²) in [7, 11) is 0. The van der Waals surface area contributed by atoms with Crippen molar-refractivity contribution in [2.24, 2.45) is 0 Å². The molecule has 16 heavy (non-hydrogen) atoms. The molecule has 0 aliphatic rings. The standard InChI is InChI=1S/C12H13FN2S/c1-8-2-3-9(13)11(6-8)15-7-12-10(14)4-5-16-12/h2-6,15H,7,14H2,1H3. The van der Waals surface area contributed by atoms with Crippen LogP contribution in [0.1, 0.15) is 10.4 Å². The first-order valence-corrected chi connectivity index (χ1v) is 5.86. The number of halogens is 1. The minimum absolute atomic E-state index is 0.235. The van der Waals surface area contributed by atoms with Crippen molar-refractivity contribution >= 4 is 22.7 Å². The Morgan fingerprint density at radius 3 is 2.88 bits per heavy atom. The second-order valence-corrected chi connectivity index (χ2v) is 4.64. The molecule has 0 saturated carbocycles. The summed E-state index contributed by atoms with van der Waals surface area (Å²) in [5.74, 6) is -0.235. The first kappa shape index (κ1) is 11.0. The van der Waals surface area contributed by atoms with E-state index in [1.807, 2.05) is 18.4 Å². The third-order valence-electron chi connectivity index (χ3n) is 2.34. The normalized spacial score (nSPS) is 10.4. The fourth-order valence-corrected chi connectivity index (χ4v) is 2.18. The molecule has 0 aliphatic heterocycles. The molecule has 0 fully saturated rings. The van der Waals surface area contributed by atoms with Crippen LogP contribution in [0.25, 0.3) is 0 Å². The van der Waals surface area contributed by atoms with Crippen molar-refractivity contribution in [3.8, 4) is 0 Å². The van der Waals surface area contributed by atoms with Crippen LogP contribution in [-0.2, 0) is 6.54 Å². The maximum absolute atomic E-state index is 13.4. The molecule has 2 aromatic rings. The van der Waals surface area contributed by atoms with Gasteiger partial charge in [-0.15, -0.1) is 11.3 Å². The molecular formula is C12H13FN2S. The zero-order valence-corrected chi connectivity index (χ0v) is 9.77. The van der Waals surface area contributed by atoms with Crippen molar-refractivity contribution in [1.82, 2.24) is 0 Å². The van der Waals surface area contributed by atoms with Gasteiger partial charge >= 0.3 is 0 Å². The average Bonchev–Trinajstić information content (AvgIpc) is 2.66. The quantitative estimate of drug-likeness (QED) is 0.857. The fourth-order valence-electron chi connectivity index (χ4n) is 1.44. The minimum atomic E-state index is -0.235. The Balaban J connectivity index is 2.10. The second-order valence-electron chi connectivity index (χ2n) is 3.64. The summed E-state index contributed by atoms with van der Waals surface area (Å²) in [4.78, 5) is 1.03. The van der Waals surface area contributed by atoms with Crippen LogP contribution in [0.15, 0.2) is 29.6 Å². The maximum atomic E-state index is 13.4. The van der Waals surface area contributed by atoms with Crippen LogP contribution in [0.4, 0.5) is 15.8 Å². The van der Waals surface area contributed by atoms with Gasteiger partial charge in [0.25, 0.3) is 0 Å². The van der Waals surface area contributed by atoms with Gasteiger partial charge in [-0.3, -0.25) is 0 Å². The van der Waals surface area contributed by atoms with Gasteiger partial charge in [-0.25, -0.2) is 4.39 Å². The van der Waals surface area contributed by atoms with E-state index >= 15 is 0 Å². The summed E-state index contributed by atoms with van der Waals surface area (Å²) >= 11 is 1.57. The molecule has 0 saturated heterocycles. The van der Waals surface area contributed by atoms with Crippen LogP contribution in [-0.4, -0.2) is 0 Å². The summed E-state index contributed by atoms with van der Waals surface area (Å²) in [6.45, 7) is 2.49. The topological polar surface area (TPSA) is 38.0 Å². The van der Waals surface area contributed by atoms with E-state index in [9.17, 15) is 4.39 Å². The number of nitrogens with two attached hydrogens (primary N) is 1. The average molecular weight is 236 g/mol. The molecule has 1 heterocycles. The Bertz CT molecular complexity index is 494. The number of thiophene rings is 1. The highest BCUT2D eigenvalue weighted by atomic mass is 32.1. The smallest absolute Gasteiger partial charge is 0.146 e. The summed E-state index contributed by atoms with van der Waals surface area (Å²) < 4.78 is 13.4.